The maximum absolute atomic E-state index is 4.16. The van der Waals surface area contributed by atoms with Crippen LogP contribution in [-0.2, 0) is 7.05 Å². The van der Waals surface area contributed by atoms with Crippen LogP contribution in [0.15, 0.2) is 54.9 Å². The molecule has 0 aliphatic heterocycles. The summed E-state index contributed by atoms with van der Waals surface area (Å²) in [4.78, 5) is 4.16. The molecule has 0 unspecified atom stereocenters. The number of pyridine rings is 1. The van der Waals surface area contributed by atoms with E-state index < -0.39 is 0 Å². The van der Waals surface area contributed by atoms with E-state index in [0.29, 0.717) is 0 Å². The summed E-state index contributed by atoms with van der Waals surface area (Å²) in [6.07, 6.45) is 3.69. The fraction of sp³-hybridized carbons (Fsp3) is 0.0714. The molecule has 0 bridgehead atoms. The van der Waals surface area contributed by atoms with E-state index >= 15 is 0 Å². The van der Waals surface area contributed by atoms with Crippen molar-refractivity contribution in [2.24, 2.45) is 7.05 Å². The molecule has 0 saturated carbocycles. The molecule has 0 aliphatic carbocycles. The second-order valence-corrected chi connectivity index (χ2v) is 3.89. The molecule has 0 fully saturated rings. The molecule has 0 saturated heterocycles. The van der Waals surface area contributed by atoms with E-state index in [1.807, 2.05) is 12.3 Å². The predicted molar refractivity (Wildman–Crippen MR) is 73.4 cm³/mol. The second-order valence-electron chi connectivity index (χ2n) is 3.89. The first kappa shape index (κ1) is 11.7. The molecule has 86 valence electrons. The minimum atomic E-state index is 0. The molecule has 2 nitrogen and oxygen atoms in total. The molecular formula is C14H13ClN2. The third-order valence-corrected chi connectivity index (χ3v) is 2.91. The van der Waals surface area contributed by atoms with Crippen molar-refractivity contribution in [2.75, 3.05) is 0 Å². The van der Waals surface area contributed by atoms with E-state index in [0.717, 1.165) is 5.56 Å². The summed E-state index contributed by atoms with van der Waals surface area (Å²) in [6, 6.07) is 14.6. The quantitative estimate of drug-likeness (QED) is 0.639. The van der Waals surface area contributed by atoms with E-state index in [1.54, 1.807) is 6.20 Å². The van der Waals surface area contributed by atoms with Crippen molar-refractivity contribution in [1.82, 2.24) is 9.55 Å². The lowest BCUT2D eigenvalue weighted by atomic mass is 10.2. The minimum absolute atomic E-state index is 0. The van der Waals surface area contributed by atoms with Crippen LogP contribution in [0.25, 0.3) is 22.2 Å². The van der Waals surface area contributed by atoms with Gasteiger partial charge in [0.25, 0.3) is 0 Å². The summed E-state index contributed by atoms with van der Waals surface area (Å²) in [5.41, 5.74) is 3.61. The number of nitrogens with zero attached hydrogens (tertiary/aromatic N) is 2. The van der Waals surface area contributed by atoms with Crippen LogP contribution in [0.2, 0.25) is 0 Å². The summed E-state index contributed by atoms with van der Waals surface area (Å²) < 4.78 is 2.20. The Morgan fingerprint density at radius 2 is 1.88 bits per heavy atom. The fourth-order valence-corrected chi connectivity index (χ4v) is 2.08. The molecule has 0 amide bonds. The number of hydrogen-bond acceptors (Lipinski definition) is 1. The molecule has 0 atom stereocenters. The van der Waals surface area contributed by atoms with E-state index in [4.69, 9.17) is 0 Å². The zero-order chi connectivity index (χ0) is 11.0. The Kier molecular flexibility index (Phi) is 3.16. The van der Waals surface area contributed by atoms with E-state index in [2.05, 4.69) is 53.0 Å². The number of halogens is 1. The van der Waals surface area contributed by atoms with Crippen molar-refractivity contribution >= 4 is 23.3 Å². The number of aryl methyl sites for hydroxylation is 1. The van der Waals surface area contributed by atoms with Crippen molar-refractivity contribution < 1.29 is 0 Å². The normalized spacial score (nSPS) is 10.2. The molecule has 0 aliphatic rings. The van der Waals surface area contributed by atoms with Gasteiger partial charge in [0, 0.05) is 35.9 Å². The van der Waals surface area contributed by atoms with Crippen LogP contribution < -0.4 is 0 Å². The third-order valence-electron chi connectivity index (χ3n) is 2.91. The van der Waals surface area contributed by atoms with E-state index in [1.165, 1.54) is 16.6 Å². The molecule has 0 spiro atoms. The van der Waals surface area contributed by atoms with Crippen molar-refractivity contribution in [3.8, 4) is 11.3 Å². The monoisotopic (exact) mass is 244 g/mol. The Hall–Kier alpha value is -1.80. The van der Waals surface area contributed by atoms with Crippen LogP contribution in [0.1, 0.15) is 0 Å². The first-order valence-electron chi connectivity index (χ1n) is 5.31. The van der Waals surface area contributed by atoms with Crippen LogP contribution in [0.5, 0.6) is 0 Å². The zero-order valence-corrected chi connectivity index (χ0v) is 10.3. The van der Waals surface area contributed by atoms with Gasteiger partial charge in [0.1, 0.15) is 0 Å². The number of rotatable bonds is 1. The summed E-state index contributed by atoms with van der Waals surface area (Å²) in [5, 5.41) is 1.27. The maximum Gasteiger partial charge on any atom is 0.0504 e. The third kappa shape index (κ3) is 1.92. The van der Waals surface area contributed by atoms with Crippen molar-refractivity contribution in [2.45, 2.75) is 0 Å². The SMILES string of the molecule is Cl.Cn1c(-c2cccnc2)cc2ccccc21. The largest absolute Gasteiger partial charge is 0.344 e. The van der Waals surface area contributed by atoms with E-state index in [-0.39, 0.29) is 12.4 Å². The maximum atomic E-state index is 4.16. The molecule has 3 heteroatoms. The molecular weight excluding hydrogens is 232 g/mol. The number of para-hydroxylation sites is 1. The van der Waals surface area contributed by atoms with Gasteiger partial charge in [-0.1, -0.05) is 18.2 Å². The number of aromatic nitrogens is 2. The van der Waals surface area contributed by atoms with Crippen LogP contribution in [-0.4, -0.2) is 9.55 Å². The van der Waals surface area contributed by atoms with Crippen molar-refractivity contribution in [3.63, 3.8) is 0 Å². The number of fused-ring (bicyclic) bond motifs is 1. The lowest BCUT2D eigenvalue weighted by Gasteiger charge is -2.03. The lowest BCUT2D eigenvalue weighted by Crippen LogP contribution is -1.90. The van der Waals surface area contributed by atoms with Gasteiger partial charge in [0.2, 0.25) is 0 Å². The Labute approximate surface area is 106 Å². The topological polar surface area (TPSA) is 17.8 Å². The van der Waals surface area contributed by atoms with Gasteiger partial charge in [-0.3, -0.25) is 4.98 Å². The highest BCUT2D eigenvalue weighted by Crippen LogP contribution is 2.26. The van der Waals surface area contributed by atoms with Gasteiger partial charge in [-0.05, 0) is 24.3 Å². The van der Waals surface area contributed by atoms with Crippen LogP contribution in [0, 0.1) is 0 Å². The highest BCUT2D eigenvalue weighted by atomic mass is 35.5. The summed E-state index contributed by atoms with van der Waals surface area (Å²) >= 11 is 0. The molecule has 3 aromatic rings. The van der Waals surface area contributed by atoms with Crippen molar-refractivity contribution in [3.05, 3.63) is 54.9 Å². The van der Waals surface area contributed by atoms with Crippen LogP contribution >= 0.6 is 12.4 Å². The molecule has 3 rings (SSSR count). The zero-order valence-electron chi connectivity index (χ0n) is 9.50. The Morgan fingerprint density at radius 1 is 1.06 bits per heavy atom. The van der Waals surface area contributed by atoms with Gasteiger partial charge in [0.15, 0.2) is 0 Å². The fourth-order valence-electron chi connectivity index (χ4n) is 2.08. The van der Waals surface area contributed by atoms with Crippen LogP contribution in [0.3, 0.4) is 0 Å². The first-order valence-corrected chi connectivity index (χ1v) is 5.31. The Balaban J connectivity index is 0.00000108. The molecule has 0 N–H and O–H groups in total. The van der Waals surface area contributed by atoms with Gasteiger partial charge >= 0.3 is 0 Å². The molecule has 0 radical (unpaired) electrons. The Bertz CT molecular complexity index is 629. The summed E-state index contributed by atoms with van der Waals surface area (Å²) in [7, 11) is 2.09. The standard InChI is InChI=1S/C14H12N2.ClH/c1-16-13-7-3-2-5-11(13)9-14(16)12-6-4-8-15-10-12;/h2-10H,1H3;1H. The second kappa shape index (κ2) is 4.60. The number of benzene rings is 1. The summed E-state index contributed by atoms with van der Waals surface area (Å²) in [5.74, 6) is 0. The van der Waals surface area contributed by atoms with Gasteiger partial charge < -0.3 is 4.57 Å². The highest BCUT2D eigenvalue weighted by Gasteiger charge is 2.06. The van der Waals surface area contributed by atoms with Gasteiger partial charge in [-0.25, -0.2) is 0 Å². The van der Waals surface area contributed by atoms with Crippen molar-refractivity contribution in [1.29, 1.82) is 0 Å². The van der Waals surface area contributed by atoms with Crippen LogP contribution in [0.4, 0.5) is 0 Å². The molecule has 17 heavy (non-hydrogen) atoms. The first-order chi connectivity index (χ1) is 7.86. The van der Waals surface area contributed by atoms with Gasteiger partial charge in [0.05, 0.1) is 5.69 Å². The predicted octanol–water partition coefficient (Wildman–Crippen LogP) is 3.66. The van der Waals surface area contributed by atoms with E-state index in [9.17, 15) is 0 Å². The summed E-state index contributed by atoms with van der Waals surface area (Å²) in [6.45, 7) is 0. The smallest absolute Gasteiger partial charge is 0.0504 e. The average molecular weight is 245 g/mol. The van der Waals surface area contributed by atoms with Gasteiger partial charge in [-0.15, -0.1) is 12.4 Å². The molecule has 2 heterocycles. The van der Waals surface area contributed by atoms with Gasteiger partial charge in [-0.2, -0.15) is 0 Å². The minimum Gasteiger partial charge on any atom is -0.344 e. The highest BCUT2D eigenvalue weighted by molar-refractivity contribution is 5.86. The Morgan fingerprint density at radius 3 is 2.59 bits per heavy atom. The number of hydrogen-bond donors (Lipinski definition) is 0. The lowest BCUT2D eigenvalue weighted by molar-refractivity contribution is 0.977. The average Bonchev–Trinajstić information content (AvgIpc) is 2.69. The molecule has 2 aromatic heterocycles. The molecule has 1 aromatic carbocycles.